The number of nitrogens with zero attached hydrogens (tertiary/aromatic N) is 4. The van der Waals surface area contributed by atoms with Crippen LogP contribution >= 0.6 is 0 Å². The van der Waals surface area contributed by atoms with E-state index in [0.717, 1.165) is 22.7 Å². The van der Waals surface area contributed by atoms with E-state index in [2.05, 4.69) is 53.4 Å². The number of imidazole rings is 1. The molecule has 0 spiro atoms. The molecule has 0 unspecified atom stereocenters. The Balaban J connectivity index is 1.66. The summed E-state index contributed by atoms with van der Waals surface area (Å²) in [5.74, 6) is 1.49. The topological polar surface area (TPSA) is 55.6 Å². The van der Waals surface area contributed by atoms with Gasteiger partial charge in [-0.3, -0.25) is 9.55 Å². The zero-order valence-electron chi connectivity index (χ0n) is 14.2. The molecular weight excluding hydrogens is 310 g/mol. The third-order valence-corrected chi connectivity index (χ3v) is 4.24. The number of rotatable bonds is 4. The number of fused-ring (bicyclic) bond motifs is 1. The van der Waals surface area contributed by atoms with Crippen LogP contribution in [0.5, 0.6) is 0 Å². The van der Waals surface area contributed by atoms with Crippen molar-refractivity contribution < 1.29 is 0 Å². The van der Waals surface area contributed by atoms with Gasteiger partial charge in [0.25, 0.3) is 0 Å². The van der Waals surface area contributed by atoms with Crippen molar-refractivity contribution in [2.75, 3.05) is 5.32 Å². The van der Waals surface area contributed by atoms with E-state index in [1.54, 1.807) is 18.7 Å². The first kappa shape index (κ1) is 15.3. The smallest absolute Gasteiger partial charge is 0.159 e. The quantitative estimate of drug-likeness (QED) is 0.606. The lowest BCUT2D eigenvalue weighted by Crippen LogP contribution is -2.09. The molecule has 5 heteroatoms. The van der Waals surface area contributed by atoms with E-state index in [9.17, 15) is 0 Å². The fourth-order valence-electron chi connectivity index (χ4n) is 2.89. The first-order valence-corrected chi connectivity index (χ1v) is 8.28. The largest absolute Gasteiger partial charge is 0.362 e. The lowest BCUT2D eigenvalue weighted by atomic mass is 10.1. The SMILES string of the molecule is Cc1ccc2ncn(-c3cncc(N[C@@H](C)c4ccccc4)n3)c2c1. The molecule has 0 saturated heterocycles. The average molecular weight is 329 g/mol. The molecule has 0 saturated carbocycles. The van der Waals surface area contributed by atoms with Gasteiger partial charge >= 0.3 is 0 Å². The minimum Gasteiger partial charge on any atom is -0.362 e. The highest BCUT2D eigenvalue weighted by atomic mass is 15.2. The van der Waals surface area contributed by atoms with Gasteiger partial charge in [0.2, 0.25) is 0 Å². The molecule has 0 amide bonds. The van der Waals surface area contributed by atoms with E-state index in [-0.39, 0.29) is 6.04 Å². The van der Waals surface area contributed by atoms with Gasteiger partial charge in [-0.05, 0) is 37.1 Å². The summed E-state index contributed by atoms with van der Waals surface area (Å²) in [6.45, 7) is 4.18. The van der Waals surface area contributed by atoms with Gasteiger partial charge in [0.05, 0.1) is 23.4 Å². The fourth-order valence-corrected chi connectivity index (χ4v) is 2.89. The fraction of sp³-hybridized carbons (Fsp3) is 0.150. The van der Waals surface area contributed by atoms with Crippen LogP contribution in [0.15, 0.2) is 67.3 Å². The van der Waals surface area contributed by atoms with Gasteiger partial charge in [0, 0.05) is 6.04 Å². The van der Waals surface area contributed by atoms with Crippen LogP contribution in [-0.4, -0.2) is 19.5 Å². The molecule has 4 rings (SSSR count). The Hall–Kier alpha value is -3.21. The van der Waals surface area contributed by atoms with Crippen LogP contribution in [0.25, 0.3) is 16.9 Å². The molecule has 0 aliphatic rings. The number of aromatic nitrogens is 4. The highest BCUT2D eigenvalue weighted by molar-refractivity contribution is 5.77. The summed E-state index contributed by atoms with van der Waals surface area (Å²) in [6, 6.07) is 16.6. The van der Waals surface area contributed by atoms with Crippen molar-refractivity contribution in [3.05, 3.63) is 78.4 Å². The van der Waals surface area contributed by atoms with Gasteiger partial charge in [-0.1, -0.05) is 36.4 Å². The Labute approximate surface area is 146 Å². The van der Waals surface area contributed by atoms with Crippen molar-refractivity contribution >= 4 is 16.9 Å². The van der Waals surface area contributed by atoms with Crippen LogP contribution in [0, 0.1) is 6.92 Å². The number of aryl methyl sites for hydroxylation is 1. The zero-order chi connectivity index (χ0) is 17.2. The summed E-state index contributed by atoms with van der Waals surface area (Å²) in [5.41, 5.74) is 4.37. The Morgan fingerprint density at radius 3 is 2.72 bits per heavy atom. The van der Waals surface area contributed by atoms with Gasteiger partial charge in [0.15, 0.2) is 5.82 Å². The van der Waals surface area contributed by atoms with Crippen molar-refractivity contribution in [1.29, 1.82) is 0 Å². The van der Waals surface area contributed by atoms with Gasteiger partial charge in [0.1, 0.15) is 12.1 Å². The van der Waals surface area contributed by atoms with Crippen molar-refractivity contribution in [1.82, 2.24) is 19.5 Å². The van der Waals surface area contributed by atoms with Crippen LogP contribution in [0.4, 0.5) is 5.82 Å². The molecule has 2 aromatic carbocycles. The van der Waals surface area contributed by atoms with Crippen molar-refractivity contribution in [2.45, 2.75) is 19.9 Å². The summed E-state index contributed by atoms with van der Waals surface area (Å²) in [5, 5.41) is 3.41. The Morgan fingerprint density at radius 1 is 1.04 bits per heavy atom. The number of benzene rings is 2. The summed E-state index contributed by atoms with van der Waals surface area (Å²) < 4.78 is 1.97. The Bertz CT molecular complexity index is 1010. The molecule has 1 N–H and O–H groups in total. The minimum absolute atomic E-state index is 0.146. The molecule has 0 aliphatic heterocycles. The van der Waals surface area contributed by atoms with Crippen molar-refractivity contribution in [2.24, 2.45) is 0 Å². The molecule has 4 aromatic rings. The van der Waals surface area contributed by atoms with E-state index in [0.29, 0.717) is 0 Å². The second kappa shape index (κ2) is 6.36. The highest BCUT2D eigenvalue weighted by Gasteiger charge is 2.09. The molecule has 124 valence electrons. The molecule has 2 heterocycles. The summed E-state index contributed by atoms with van der Waals surface area (Å²) in [6.07, 6.45) is 5.29. The van der Waals surface area contributed by atoms with E-state index < -0.39 is 0 Å². The first-order chi connectivity index (χ1) is 12.2. The first-order valence-electron chi connectivity index (χ1n) is 8.28. The van der Waals surface area contributed by atoms with Gasteiger partial charge in [-0.2, -0.15) is 0 Å². The van der Waals surface area contributed by atoms with E-state index in [1.807, 2.05) is 28.8 Å². The van der Waals surface area contributed by atoms with Crippen LogP contribution < -0.4 is 5.32 Å². The normalized spacial score (nSPS) is 12.2. The van der Waals surface area contributed by atoms with Gasteiger partial charge in [-0.15, -0.1) is 0 Å². The molecule has 0 aliphatic carbocycles. The van der Waals surface area contributed by atoms with Crippen molar-refractivity contribution in [3.8, 4) is 5.82 Å². The molecule has 1 atom stereocenters. The highest BCUT2D eigenvalue weighted by Crippen LogP contribution is 2.21. The Morgan fingerprint density at radius 2 is 1.88 bits per heavy atom. The molecule has 2 aromatic heterocycles. The maximum atomic E-state index is 4.71. The number of anilines is 1. The number of hydrogen-bond acceptors (Lipinski definition) is 4. The lowest BCUT2D eigenvalue weighted by molar-refractivity contribution is 0.865. The molecule has 0 fully saturated rings. The van der Waals surface area contributed by atoms with Crippen LogP contribution in [0.1, 0.15) is 24.1 Å². The second-order valence-electron chi connectivity index (χ2n) is 6.15. The van der Waals surface area contributed by atoms with Crippen LogP contribution in [0.2, 0.25) is 0 Å². The molecular formula is C20H19N5. The number of nitrogens with one attached hydrogen (secondary N) is 1. The van der Waals surface area contributed by atoms with Crippen LogP contribution in [0.3, 0.4) is 0 Å². The Kier molecular flexibility index (Phi) is 3.90. The third-order valence-electron chi connectivity index (χ3n) is 4.24. The van der Waals surface area contributed by atoms with Gasteiger partial charge < -0.3 is 5.32 Å². The van der Waals surface area contributed by atoms with E-state index >= 15 is 0 Å². The molecule has 0 bridgehead atoms. The van der Waals surface area contributed by atoms with Crippen LogP contribution in [-0.2, 0) is 0 Å². The molecule has 5 nitrogen and oxygen atoms in total. The average Bonchev–Trinajstić information content (AvgIpc) is 3.05. The van der Waals surface area contributed by atoms with E-state index in [1.165, 1.54) is 11.1 Å². The number of hydrogen-bond donors (Lipinski definition) is 1. The molecule has 25 heavy (non-hydrogen) atoms. The summed E-state index contributed by atoms with van der Waals surface area (Å²) >= 11 is 0. The van der Waals surface area contributed by atoms with E-state index in [4.69, 9.17) is 4.98 Å². The maximum absolute atomic E-state index is 4.71. The maximum Gasteiger partial charge on any atom is 0.159 e. The monoisotopic (exact) mass is 329 g/mol. The zero-order valence-corrected chi connectivity index (χ0v) is 14.2. The second-order valence-corrected chi connectivity index (χ2v) is 6.15. The predicted molar refractivity (Wildman–Crippen MR) is 99.9 cm³/mol. The standard InChI is InChI=1S/C20H19N5/c1-14-8-9-17-18(10-14)25(13-22-17)20-12-21-11-19(24-20)23-15(2)16-6-4-3-5-7-16/h3-13,15H,1-2H3,(H,23,24)/t15-/m0/s1. The van der Waals surface area contributed by atoms with Gasteiger partial charge in [-0.25, -0.2) is 9.97 Å². The van der Waals surface area contributed by atoms with Crippen molar-refractivity contribution in [3.63, 3.8) is 0 Å². The lowest BCUT2D eigenvalue weighted by Gasteiger charge is -2.15. The summed E-state index contributed by atoms with van der Waals surface area (Å²) in [7, 11) is 0. The predicted octanol–water partition coefficient (Wildman–Crippen LogP) is 4.30. The summed E-state index contributed by atoms with van der Waals surface area (Å²) in [4.78, 5) is 13.5. The molecule has 0 radical (unpaired) electrons. The minimum atomic E-state index is 0.146. The third kappa shape index (κ3) is 3.08.